The quantitative estimate of drug-likeness (QED) is 0.528. The lowest BCUT2D eigenvalue weighted by Crippen LogP contribution is -2.04. The highest BCUT2D eigenvalue weighted by atomic mass is 16.5. The summed E-state index contributed by atoms with van der Waals surface area (Å²) in [5, 5.41) is 9.09. The zero-order valence-corrected chi connectivity index (χ0v) is 16.0. The van der Waals surface area contributed by atoms with E-state index in [2.05, 4.69) is 9.97 Å². The van der Waals surface area contributed by atoms with Crippen LogP contribution in [0.4, 0.5) is 0 Å². The third-order valence-corrected chi connectivity index (χ3v) is 4.51. The number of rotatable bonds is 6. The van der Waals surface area contributed by atoms with Gasteiger partial charge in [0.2, 0.25) is 5.88 Å². The number of nitrogens with zero attached hydrogens (tertiary/aromatic N) is 3. The standard InChI is InChI=1S/C22H19N3O4/c1-14-8-9-23-21(10-14)29-17-6-7-18-19(12-17)25(2)20(24-18)13-28-16-5-3-4-15(11-16)22(26)27/h3-12H,13H2,1-2H3,(H,26,27). The Morgan fingerprint density at radius 3 is 2.76 bits per heavy atom. The Kier molecular flexibility index (Phi) is 4.87. The molecule has 0 bridgehead atoms. The van der Waals surface area contributed by atoms with Gasteiger partial charge in [-0.1, -0.05) is 6.07 Å². The van der Waals surface area contributed by atoms with Crippen molar-refractivity contribution >= 4 is 17.0 Å². The molecule has 7 nitrogen and oxygen atoms in total. The molecule has 29 heavy (non-hydrogen) atoms. The van der Waals surface area contributed by atoms with Crippen molar-refractivity contribution in [2.45, 2.75) is 13.5 Å². The topological polar surface area (TPSA) is 86.5 Å². The van der Waals surface area contributed by atoms with Gasteiger partial charge in [0.25, 0.3) is 0 Å². The van der Waals surface area contributed by atoms with Crippen LogP contribution in [0.2, 0.25) is 0 Å². The summed E-state index contributed by atoms with van der Waals surface area (Å²) in [6.45, 7) is 2.20. The highest BCUT2D eigenvalue weighted by Gasteiger charge is 2.11. The lowest BCUT2D eigenvalue weighted by Gasteiger charge is -2.07. The third kappa shape index (κ3) is 4.03. The van der Waals surface area contributed by atoms with Gasteiger partial charge >= 0.3 is 5.97 Å². The van der Waals surface area contributed by atoms with Crippen LogP contribution in [0, 0.1) is 6.92 Å². The van der Waals surface area contributed by atoms with Crippen molar-refractivity contribution in [2.75, 3.05) is 0 Å². The monoisotopic (exact) mass is 389 g/mol. The first kappa shape index (κ1) is 18.5. The number of hydrogen-bond acceptors (Lipinski definition) is 5. The highest BCUT2D eigenvalue weighted by molar-refractivity contribution is 5.88. The summed E-state index contributed by atoms with van der Waals surface area (Å²) in [7, 11) is 1.90. The smallest absolute Gasteiger partial charge is 0.335 e. The van der Waals surface area contributed by atoms with Gasteiger partial charge in [-0.15, -0.1) is 0 Å². The molecule has 4 aromatic rings. The Labute approximate surface area is 167 Å². The van der Waals surface area contributed by atoms with Gasteiger partial charge in [0.15, 0.2) is 0 Å². The highest BCUT2D eigenvalue weighted by Crippen LogP contribution is 2.26. The van der Waals surface area contributed by atoms with E-state index in [0.29, 0.717) is 23.2 Å². The van der Waals surface area contributed by atoms with Crippen molar-refractivity contribution in [3.05, 3.63) is 77.7 Å². The Hall–Kier alpha value is -3.87. The molecule has 1 N–H and O–H groups in total. The maximum Gasteiger partial charge on any atom is 0.335 e. The molecule has 0 atom stereocenters. The fourth-order valence-corrected chi connectivity index (χ4v) is 2.96. The minimum absolute atomic E-state index is 0.180. The van der Waals surface area contributed by atoms with Gasteiger partial charge in [-0.25, -0.2) is 14.8 Å². The fourth-order valence-electron chi connectivity index (χ4n) is 2.96. The van der Waals surface area contributed by atoms with E-state index < -0.39 is 5.97 Å². The van der Waals surface area contributed by atoms with Crippen LogP contribution >= 0.6 is 0 Å². The lowest BCUT2D eigenvalue weighted by atomic mass is 10.2. The van der Waals surface area contributed by atoms with Crippen molar-refractivity contribution in [3.63, 3.8) is 0 Å². The van der Waals surface area contributed by atoms with E-state index in [1.54, 1.807) is 18.3 Å². The molecule has 2 aromatic heterocycles. The molecule has 0 spiro atoms. The molecule has 0 saturated heterocycles. The Balaban J connectivity index is 1.54. The average molecular weight is 389 g/mol. The molecule has 2 aromatic carbocycles. The second-order valence-electron chi connectivity index (χ2n) is 6.63. The van der Waals surface area contributed by atoms with Crippen LogP contribution in [-0.4, -0.2) is 25.6 Å². The fraction of sp³-hybridized carbons (Fsp3) is 0.136. The molecule has 0 aliphatic carbocycles. The molecule has 0 saturated carbocycles. The number of carboxylic acid groups (broad SMARTS) is 1. The zero-order valence-electron chi connectivity index (χ0n) is 16.0. The Morgan fingerprint density at radius 2 is 1.97 bits per heavy atom. The molecule has 0 radical (unpaired) electrons. The molecule has 4 rings (SSSR count). The molecular formula is C22H19N3O4. The summed E-state index contributed by atoms with van der Waals surface area (Å²) in [5.41, 5.74) is 2.96. The van der Waals surface area contributed by atoms with E-state index in [9.17, 15) is 4.79 Å². The number of aryl methyl sites for hydroxylation is 2. The Bertz CT molecular complexity index is 1200. The number of pyridine rings is 1. The predicted molar refractivity (Wildman–Crippen MR) is 107 cm³/mol. The van der Waals surface area contributed by atoms with Gasteiger partial charge in [-0.05, 0) is 48.9 Å². The van der Waals surface area contributed by atoms with Gasteiger partial charge in [-0.3, -0.25) is 0 Å². The number of carbonyl (C=O) groups is 1. The number of aromatic nitrogens is 3. The van der Waals surface area contributed by atoms with Crippen LogP contribution in [0.15, 0.2) is 60.8 Å². The minimum atomic E-state index is -0.992. The van der Waals surface area contributed by atoms with E-state index in [1.165, 1.54) is 12.1 Å². The molecular weight excluding hydrogens is 370 g/mol. The number of fused-ring (bicyclic) bond motifs is 1. The molecule has 0 aliphatic rings. The first-order valence-corrected chi connectivity index (χ1v) is 9.01. The van der Waals surface area contributed by atoms with E-state index >= 15 is 0 Å². The van der Waals surface area contributed by atoms with Crippen LogP contribution in [0.1, 0.15) is 21.7 Å². The van der Waals surface area contributed by atoms with Crippen LogP contribution in [0.5, 0.6) is 17.4 Å². The van der Waals surface area contributed by atoms with Crippen LogP contribution in [0.25, 0.3) is 11.0 Å². The molecule has 0 amide bonds. The van der Waals surface area contributed by atoms with Crippen molar-refractivity contribution < 1.29 is 19.4 Å². The summed E-state index contributed by atoms with van der Waals surface area (Å²) >= 11 is 0. The summed E-state index contributed by atoms with van der Waals surface area (Å²) in [6, 6.07) is 15.8. The van der Waals surface area contributed by atoms with Gasteiger partial charge in [0.05, 0.1) is 16.6 Å². The van der Waals surface area contributed by atoms with Crippen LogP contribution in [0.3, 0.4) is 0 Å². The summed E-state index contributed by atoms with van der Waals surface area (Å²) < 4.78 is 13.5. The predicted octanol–water partition coefficient (Wildman–Crippen LogP) is 4.35. The summed E-state index contributed by atoms with van der Waals surface area (Å²) in [5.74, 6) is 1.40. The number of benzene rings is 2. The molecule has 7 heteroatoms. The minimum Gasteiger partial charge on any atom is -0.486 e. The second-order valence-corrected chi connectivity index (χ2v) is 6.63. The number of ether oxygens (including phenoxy) is 2. The van der Waals surface area contributed by atoms with Crippen molar-refractivity contribution in [1.29, 1.82) is 0 Å². The van der Waals surface area contributed by atoms with Gasteiger partial charge < -0.3 is 19.1 Å². The average Bonchev–Trinajstić information content (AvgIpc) is 3.02. The van der Waals surface area contributed by atoms with E-state index in [4.69, 9.17) is 14.6 Å². The first-order valence-electron chi connectivity index (χ1n) is 9.01. The summed E-state index contributed by atoms with van der Waals surface area (Å²) in [4.78, 5) is 19.9. The van der Waals surface area contributed by atoms with Crippen molar-refractivity contribution in [1.82, 2.24) is 14.5 Å². The SMILES string of the molecule is Cc1ccnc(Oc2ccc3nc(COc4cccc(C(=O)O)c4)n(C)c3c2)c1. The molecule has 0 aliphatic heterocycles. The second kappa shape index (κ2) is 7.63. The number of aromatic carboxylic acids is 1. The number of carboxylic acids is 1. The van der Waals surface area contributed by atoms with E-state index in [1.807, 2.05) is 48.9 Å². The van der Waals surface area contributed by atoms with Crippen LogP contribution < -0.4 is 9.47 Å². The molecule has 146 valence electrons. The van der Waals surface area contributed by atoms with Crippen molar-refractivity contribution in [3.8, 4) is 17.4 Å². The van der Waals surface area contributed by atoms with Crippen LogP contribution in [-0.2, 0) is 13.7 Å². The Morgan fingerprint density at radius 1 is 1.10 bits per heavy atom. The molecule has 0 fully saturated rings. The normalized spacial score (nSPS) is 10.8. The zero-order chi connectivity index (χ0) is 20.4. The first-order chi connectivity index (χ1) is 14.0. The number of hydrogen-bond donors (Lipinski definition) is 1. The maximum absolute atomic E-state index is 11.1. The molecule has 0 unspecified atom stereocenters. The van der Waals surface area contributed by atoms with E-state index in [-0.39, 0.29) is 12.2 Å². The largest absolute Gasteiger partial charge is 0.486 e. The van der Waals surface area contributed by atoms with Gasteiger partial charge in [0, 0.05) is 25.4 Å². The van der Waals surface area contributed by atoms with E-state index in [0.717, 1.165) is 16.6 Å². The maximum atomic E-state index is 11.1. The van der Waals surface area contributed by atoms with Gasteiger partial charge in [-0.2, -0.15) is 0 Å². The van der Waals surface area contributed by atoms with Crippen molar-refractivity contribution in [2.24, 2.45) is 7.05 Å². The van der Waals surface area contributed by atoms with Gasteiger partial charge in [0.1, 0.15) is 23.9 Å². The summed E-state index contributed by atoms with van der Waals surface area (Å²) in [6.07, 6.45) is 1.71. The number of imidazole rings is 1. The molecule has 2 heterocycles. The lowest BCUT2D eigenvalue weighted by molar-refractivity contribution is 0.0696. The third-order valence-electron chi connectivity index (χ3n) is 4.51.